The van der Waals surface area contributed by atoms with E-state index in [2.05, 4.69) is 17.1 Å². The quantitative estimate of drug-likeness (QED) is 0.475. The molecule has 0 atom stereocenters. The minimum Gasteiger partial charge on any atom is -0.297 e. The van der Waals surface area contributed by atoms with Crippen LogP contribution >= 0.6 is 11.6 Å². The Balaban J connectivity index is 2.45. The summed E-state index contributed by atoms with van der Waals surface area (Å²) in [5.41, 5.74) is 2.48. The van der Waals surface area contributed by atoms with E-state index in [-0.39, 0.29) is 0 Å². The molecule has 0 saturated heterocycles. The van der Waals surface area contributed by atoms with E-state index in [1.165, 1.54) is 0 Å². The third-order valence-corrected chi connectivity index (χ3v) is 0.709. The van der Waals surface area contributed by atoms with Crippen LogP contribution in [0.4, 0.5) is 0 Å². The van der Waals surface area contributed by atoms with Gasteiger partial charge in [-0.15, -0.1) is 0 Å². The fraction of sp³-hybridized carbons (Fsp3) is 0.333. The van der Waals surface area contributed by atoms with Crippen molar-refractivity contribution in [3.05, 3.63) is 6.54 Å². The summed E-state index contributed by atoms with van der Waals surface area (Å²) < 4.78 is 0. The molecule has 0 aromatic heterocycles. The van der Waals surface area contributed by atoms with Crippen LogP contribution in [0.5, 0.6) is 0 Å². The number of halogens is 1. The number of nitrogens with one attached hydrogen (secondary N) is 1. The normalized spacial score (nSPS) is 19.8. The molecule has 0 aromatic carbocycles. The molecule has 0 aliphatic carbocycles. The van der Waals surface area contributed by atoms with Gasteiger partial charge >= 0.3 is 0 Å². The van der Waals surface area contributed by atoms with Crippen molar-refractivity contribution in [3.63, 3.8) is 0 Å². The predicted molar refractivity (Wildman–Crippen MR) is 24.3 cm³/mol. The van der Waals surface area contributed by atoms with Gasteiger partial charge in [0.15, 0.2) is 0 Å². The summed E-state index contributed by atoms with van der Waals surface area (Å²) >= 11 is 5.34. The molecule has 1 aliphatic rings. The van der Waals surface area contributed by atoms with Gasteiger partial charge in [-0.05, 0) is 0 Å². The van der Waals surface area contributed by atoms with E-state index in [1.54, 1.807) is 0 Å². The zero-order chi connectivity index (χ0) is 4.41. The number of hydrazone groups is 1. The van der Waals surface area contributed by atoms with Gasteiger partial charge in [-0.25, -0.2) is 0 Å². The second-order valence-corrected chi connectivity index (χ2v) is 1.39. The van der Waals surface area contributed by atoms with Gasteiger partial charge in [-0.3, -0.25) is 5.43 Å². The summed E-state index contributed by atoms with van der Waals surface area (Å²) in [6.45, 7) is 2.69. The Hall–Kier alpha value is -0.240. The standard InChI is InChI=1S/C3H3ClN2/c4-3-1-2-5-6-3/h5H,1H2. The molecule has 3 heteroatoms. The topological polar surface area (TPSA) is 24.4 Å². The van der Waals surface area contributed by atoms with Crippen LogP contribution in [0.15, 0.2) is 5.10 Å². The van der Waals surface area contributed by atoms with E-state index < -0.39 is 0 Å². The molecule has 0 amide bonds. The molecule has 0 aromatic rings. The van der Waals surface area contributed by atoms with Gasteiger partial charge in [-0.1, -0.05) is 11.6 Å². The third kappa shape index (κ3) is 0.627. The van der Waals surface area contributed by atoms with Gasteiger partial charge in [0, 0.05) is 6.42 Å². The first-order valence-electron chi connectivity index (χ1n) is 1.59. The van der Waals surface area contributed by atoms with Crippen molar-refractivity contribution >= 4 is 16.8 Å². The smallest absolute Gasteiger partial charge is 0.128 e. The van der Waals surface area contributed by atoms with Gasteiger partial charge in [0.1, 0.15) is 11.7 Å². The minimum absolute atomic E-state index is 0.579. The highest BCUT2D eigenvalue weighted by atomic mass is 35.5. The molecule has 0 unspecified atom stereocenters. The molecule has 1 rings (SSSR count). The van der Waals surface area contributed by atoms with E-state index in [4.69, 9.17) is 11.6 Å². The number of hydrogen-bond donors (Lipinski definition) is 1. The molecule has 1 N–H and O–H groups in total. The van der Waals surface area contributed by atoms with E-state index >= 15 is 0 Å². The average molecular weight is 103 g/mol. The average Bonchev–Trinajstić information content (AvgIpc) is 1.86. The lowest BCUT2D eigenvalue weighted by Gasteiger charge is -1.73. The summed E-state index contributed by atoms with van der Waals surface area (Å²) in [7, 11) is 0. The molecule has 1 heterocycles. The van der Waals surface area contributed by atoms with Crippen molar-refractivity contribution in [1.82, 2.24) is 5.43 Å². The first-order valence-corrected chi connectivity index (χ1v) is 1.97. The van der Waals surface area contributed by atoms with Crippen LogP contribution in [-0.2, 0) is 0 Å². The first-order chi connectivity index (χ1) is 2.89. The molecule has 1 aliphatic heterocycles. The van der Waals surface area contributed by atoms with Crippen LogP contribution in [-0.4, -0.2) is 5.17 Å². The zero-order valence-electron chi connectivity index (χ0n) is 3.03. The molecular formula is C3H3ClN2. The van der Waals surface area contributed by atoms with Crippen LogP contribution in [0.1, 0.15) is 6.42 Å². The number of nitrogens with zero attached hydrogens (tertiary/aromatic N) is 1. The Morgan fingerprint density at radius 1 is 2.00 bits per heavy atom. The highest BCUT2D eigenvalue weighted by Crippen LogP contribution is 1.99. The highest BCUT2D eigenvalue weighted by Gasteiger charge is 2.00. The first kappa shape index (κ1) is 3.93. The van der Waals surface area contributed by atoms with E-state index in [0.29, 0.717) is 11.6 Å². The summed E-state index contributed by atoms with van der Waals surface area (Å²) in [5.74, 6) is 0. The lowest BCUT2D eigenvalue weighted by atomic mass is 10.5. The van der Waals surface area contributed by atoms with Crippen LogP contribution < -0.4 is 5.43 Å². The molecular weight excluding hydrogens is 99.5 g/mol. The van der Waals surface area contributed by atoms with E-state index in [0.717, 1.165) is 0 Å². The minimum atomic E-state index is 0.579. The predicted octanol–water partition coefficient (Wildman–Crippen LogP) is 0.571. The van der Waals surface area contributed by atoms with Gasteiger partial charge in [0.25, 0.3) is 0 Å². The summed E-state index contributed by atoms with van der Waals surface area (Å²) in [4.78, 5) is 0. The van der Waals surface area contributed by atoms with Crippen LogP contribution in [0, 0.1) is 6.54 Å². The van der Waals surface area contributed by atoms with Crippen LogP contribution in [0.3, 0.4) is 0 Å². The zero-order valence-corrected chi connectivity index (χ0v) is 3.79. The van der Waals surface area contributed by atoms with Crippen LogP contribution in [0.2, 0.25) is 0 Å². The van der Waals surface area contributed by atoms with Gasteiger partial charge < -0.3 is 0 Å². The molecule has 2 radical (unpaired) electrons. The van der Waals surface area contributed by atoms with Crippen molar-refractivity contribution in [2.75, 3.05) is 0 Å². The number of rotatable bonds is 0. The van der Waals surface area contributed by atoms with Crippen molar-refractivity contribution in [2.45, 2.75) is 6.42 Å². The molecule has 6 heavy (non-hydrogen) atoms. The van der Waals surface area contributed by atoms with Crippen molar-refractivity contribution in [1.29, 1.82) is 0 Å². The molecule has 2 nitrogen and oxygen atoms in total. The maximum atomic E-state index is 5.34. The van der Waals surface area contributed by atoms with Gasteiger partial charge in [0.2, 0.25) is 0 Å². The largest absolute Gasteiger partial charge is 0.297 e. The third-order valence-electron chi connectivity index (χ3n) is 0.491. The van der Waals surface area contributed by atoms with Gasteiger partial charge in [0.05, 0.1) is 0 Å². The molecule has 32 valence electrons. The maximum Gasteiger partial charge on any atom is 0.128 e. The Morgan fingerprint density at radius 3 is 3.00 bits per heavy atom. The molecule has 0 bridgehead atoms. The Labute approximate surface area is 41.2 Å². The fourth-order valence-electron chi connectivity index (χ4n) is 0.252. The Morgan fingerprint density at radius 2 is 2.83 bits per heavy atom. The van der Waals surface area contributed by atoms with Crippen molar-refractivity contribution < 1.29 is 0 Å². The second-order valence-electron chi connectivity index (χ2n) is 0.953. The fourth-order valence-corrected chi connectivity index (χ4v) is 0.361. The molecule has 0 spiro atoms. The number of hydrogen-bond acceptors (Lipinski definition) is 2. The summed E-state index contributed by atoms with van der Waals surface area (Å²) in [5, 5.41) is 4.14. The van der Waals surface area contributed by atoms with Crippen LogP contribution in [0.25, 0.3) is 0 Å². The molecule has 0 fully saturated rings. The Bertz CT molecular complexity index is 78.9. The molecule has 0 saturated carbocycles. The second kappa shape index (κ2) is 1.47. The Kier molecular flexibility index (Phi) is 0.965. The van der Waals surface area contributed by atoms with E-state index in [1.807, 2.05) is 0 Å². The SMILES string of the molecule is ClC1=NN[C]C1. The summed E-state index contributed by atoms with van der Waals surface area (Å²) in [6.07, 6.45) is 0.640. The lowest BCUT2D eigenvalue weighted by molar-refractivity contribution is 0.918. The summed E-state index contributed by atoms with van der Waals surface area (Å²) in [6, 6.07) is 0. The van der Waals surface area contributed by atoms with E-state index in [9.17, 15) is 0 Å². The van der Waals surface area contributed by atoms with Gasteiger partial charge in [-0.2, -0.15) is 5.10 Å². The van der Waals surface area contributed by atoms with Crippen molar-refractivity contribution in [2.24, 2.45) is 5.10 Å². The van der Waals surface area contributed by atoms with Crippen molar-refractivity contribution in [3.8, 4) is 0 Å². The highest BCUT2D eigenvalue weighted by molar-refractivity contribution is 6.65. The lowest BCUT2D eigenvalue weighted by Crippen LogP contribution is -1.88. The monoisotopic (exact) mass is 102 g/mol. The maximum absolute atomic E-state index is 5.34.